The van der Waals surface area contributed by atoms with E-state index < -0.39 is 28.1 Å². The number of fused-ring (bicyclic) bond motifs is 1. The lowest BCUT2D eigenvalue weighted by Gasteiger charge is -2.11. The maximum absolute atomic E-state index is 13.4. The third kappa shape index (κ3) is 7.68. The molecule has 228 valence electrons. The minimum absolute atomic E-state index is 0.0202. The highest BCUT2D eigenvalue weighted by Gasteiger charge is 2.23. The summed E-state index contributed by atoms with van der Waals surface area (Å²) < 4.78 is 39.6. The van der Waals surface area contributed by atoms with Crippen LogP contribution in [0.1, 0.15) is 37.8 Å². The van der Waals surface area contributed by atoms with Gasteiger partial charge in [-0.05, 0) is 68.5 Å². The highest BCUT2D eigenvalue weighted by Crippen LogP contribution is 2.40. The van der Waals surface area contributed by atoms with E-state index in [0.717, 1.165) is 5.56 Å². The molecule has 12 nitrogen and oxygen atoms in total. The molecule has 44 heavy (non-hydrogen) atoms. The summed E-state index contributed by atoms with van der Waals surface area (Å²) >= 11 is 6.87. The molecule has 2 aromatic heterocycles. The number of alkyl carbamates (subject to hydrolysis) is 1. The first-order valence-electron chi connectivity index (χ1n) is 13.2. The van der Waals surface area contributed by atoms with Crippen molar-refractivity contribution < 1.29 is 27.5 Å². The zero-order chi connectivity index (χ0) is 32.0. The molecule has 1 N–H and O–H groups in total. The van der Waals surface area contributed by atoms with Crippen LogP contribution in [0.3, 0.4) is 0 Å². The zero-order valence-corrected chi connectivity index (χ0v) is 27.7. The van der Waals surface area contributed by atoms with E-state index in [9.17, 15) is 23.3 Å². The van der Waals surface area contributed by atoms with Crippen LogP contribution < -0.4 is 10.1 Å². The number of carbonyl (C=O) groups excluding carboxylic acids is 2. The lowest BCUT2D eigenvalue weighted by atomic mass is 10.1. The van der Waals surface area contributed by atoms with Gasteiger partial charge in [-0.2, -0.15) is 15.5 Å². The number of nitrogens with one attached hydrogen (secondary N) is 1. The summed E-state index contributed by atoms with van der Waals surface area (Å²) in [4.78, 5) is 28.2. The number of halogens is 2. The van der Waals surface area contributed by atoms with E-state index in [0.29, 0.717) is 31.3 Å². The molecule has 2 amide bonds. The molecule has 2 heterocycles. The number of amides is 2. The summed E-state index contributed by atoms with van der Waals surface area (Å²) in [5.41, 5.74) is 2.62. The molecular weight excluding hydrogens is 720 g/mol. The Bertz CT molecular complexity index is 1860. The SMILES string of the molecule is CCOC(=O)NC(=O)C(C#N)N=Nc1cc(Br)c(Oc2ccc3c(n2)c(C(C)C)cn3S(=O)(=O)Cc2ccccc2)c(Br)c1. The topological polar surface area (TPSA) is 165 Å². The fraction of sp³-hybridized carbons (Fsp3) is 0.241. The van der Waals surface area contributed by atoms with E-state index in [1.54, 1.807) is 67.7 Å². The lowest BCUT2D eigenvalue weighted by Crippen LogP contribution is -2.37. The van der Waals surface area contributed by atoms with Gasteiger partial charge < -0.3 is 9.47 Å². The summed E-state index contributed by atoms with van der Waals surface area (Å²) in [6, 6.07) is 15.4. The number of aromatic nitrogens is 2. The van der Waals surface area contributed by atoms with Crippen LogP contribution in [-0.2, 0) is 25.3 Å². The number of azo groups is 1. The van der Waals surface area contributed by atoms with Crippen LogP contribution in [0.4, 0.5) is 10.5 Å². The Morgan fingerprint density at radius 3 is 2.41 bits per heavy atom. The molecule has 0 saturated heterocycles. The first-order chi connectivity index (χ1) is 20.9. The molecule has 0 aliphatic carbocycles. The number of rotatable bonds is 10. The highest BCUT2D eigenvalue weighted by atomic mass is 79.9. The van der Waals surface area contributed by atoms with Gasteiger partial charge in [0, 0.05) is 17.8 Å². The second-order valence-electron chi connectivity index (χ2n) is 9.59. The Balaban J connectivity index is 1.60. The molecule has 0 aliphatic rings. The number of hydrogen-bond acceptors (Lipinski definition) is 10. The Morgan fingerprint density at radius 2 is 1.80 bits per heavy atom. The average Bonchev–Trinajstić information content (AvgIpc) is 3.36. The second kappa shape index (κ2) is 14.1. The largest absolute Gasteiger partial charge is 0.450 e. The normalized spacial score (nSPS) is 12.3. The van der Waals surface area contributed by atoms with Crippen molar-refractivity contribution in [3.63, 3.8) is 0 Å². The summed E-state index contributed by atoms with van der Waals surface area (Å²) in [6.45, 7) is 5.54. The van der Waals surface area contributed by atoms with E-state index >= 15 is 0 Å². The van der Waals surface area contributed by atoms with Gasteiger partial charge in [-0.25, -0.2) is 22.2 Å². The van der Waals surface area contributed by atoms with Gasteiger partial charge in [0.1, 0.15) is 6.07 Å². The van der Waals surface area contributed by atoms with Gasteiger partial charge in [0.05, 0.1) is 38.0 Å². The Kier molecular flexibility index (Phi) is 10.5. The molecule has 0 aliphatic heterocycles. The number of nitrogens with zero attached hydrogens (tertiary/aromatic N) is 5. The fourth-order valence-corrected chi connectivity index (χ4v) is 6.85. The molecule has 0 spiro atoms. The van der Waals surface area contributed by atoms with Crippen molar-refractivity contribution >= 4 is 70.6 Å². The quantitative estimate of drug-likeness (QED) is 0.168. The molecule has 0 saturated carbocycles. The van der Waals surface area contributed by atoms with Crippen molar-refractivity contribution in [1.29, 1.82) is 5.26 Å². The van der Waals surface area contributed by atoms with Crippen molar-refractivity contribution in [2.45, 2.75) is 38.5 Å². The van der Waals surface area contributed by atoms with Crippen LogP contribution in [0.5, 0.6) is 11.6 Å². The highest BCUT2D eigenvalue weighted by molar-refractivity contribution is 9.11. The predicted octanol–water partition coefficient (Wildman–Crippen LogP) is 7.10. The molecule has 2 aromatic carbocycles. The number of hydrogen-bond donors (Lipinski definition) is 1. The predicted molar refractivity (Wildman–Crippen MR) is 169 cm³/mol. The minimum Gasteiger partial charge on any atom is -0.450 e. The minimum atomic E-state index is -3.74. The Labute approximate surface area is 270 Å². The summed E-state index contributed by atoms with van der Waals surface area (Å²) in [5, 5.41) is 18.9. The van der Waals surface area contributed by atoms with Gasteiger partial charge in [-0.15, -0.1) is 0 Å². The van der Waals surface area contributed by atoms with Crippen molar-refractivity contribution in [3.05, 3.63) is 80.9 Å². The number of nitriles is 1. The van der Waals surface area contributed by atoms with Crippen LogP contribution in [-0.4, -0.2) is 42.0 Å². The molecule has 0 radical (unpaired) electrons. The molecule has 0 bridgehead atoms. The van der Waals surface area contributed by atoms with Gasteiger partial charge in [0.25, 0.3) is 5.91 Å². The Hall–Kier alpha value is -4.13. The van der Waals surface area contributed by atoms with Crippen LogP contribution in [0.25, 0.3) is 11.0 Å². The third-order valence-electron chi connectivity index (χ3n) is 6.08. The molecule has 4 rings (SSSR count). The van der Waals surface area contributed by atoms with E-state index in [-0.39, 0.29) is 29.8 Å². The van der Waals surface area contributed by atoms with Crippen molar-refractivity contribution in [3.8, 4) is 17.7 Å². The van der Waals surface area contributed by atoms with Gasteiger partial charge in [0.15, 0.2) is 5.75 Å². The van der Waals surface area contributed by atoms with Crippen LogP contribution in [0.2, 0.25) is 0 Å². The van der Waals surface area contributed by atoms with Crippen molar-refractivity contribution in [2.75, 3.05) is 6.61 Å². The number of carbonyl (C=O) groups is 2. The summed E-state index contributed by atoms with van der Waals surface area (Å²) in [5.74, 6) is -0.601. The number of pyridine rings is 1. The van der Waals surface area contributed by atoms with E-state index in [4.69, 9.17) is 4.74 Å². The number of imide groups is 1. The number of ether oxygens (including phenoxy) is 2. The molecule has 0 fully saturated rings. The maximum Gasteiger partial charge on any atom is 0.413 e. The number of benzene rings is 2. The lowest BCUT2D eigenvalue weighted by molar-refractivity contribution is -0.120. The zero-order valence-electron chi connectivity index (χ0n) is 23.7. The van der Waals surface area contributed by atoms with Crippen molar-refractivity contribution in [2.24, 2.45) is 10.2 Å². The van der Waals surface area contributed by atoms with Gasteiger partial charge >= 0.3 is 6.09 Å². The molecular formula is C29H26Br2N6O6S. The van der Waals surface area contributed by atoms with Crippen LogP contribution >= 0.6 is 31.9 Å². The van der Waals surface area contributed by atoms with Crippen LogP contribution in [0, 0.1) is 11.3 Å². The molecule has 4 aromatic rings. The molecule has 1 atom stereocenters. The van der Waals surface area contributed by atoms with E-state index in [2.05, 4.69) is 51.8 Å². The third-order valence-corrected chi connectivity index (χ3v) is 8.86. The summed E-state index contributed by atoms with van der Waals surface area (Å²) in [7, 11) is -3.74. The standard InChI is InChI=1S/C29H26Br2N6O6S/c1-4-42-29(39)34-28(38)23(14-32)36-35-19-12-21(30)27(22(31)13-19)43-25-11-10-24-26(33-25)20(17(2)3)15-37(24)44(40,41)16-18-8-6-5-7-9-18/h5-13,15,17,23H,4,16H2,1-3H3,(H,34,38,39). The maximum atomic E-state index is 13.4. The van der Waals surface area contributed by atoms with Crippen LogP contribution in [0.15, 0.2) is 80.0 Å². The molecule has 1 unspecified atom stereocenters. The van der Waals surface area contributed by atoms with Gasteiger partial charge in [0.2, 0.25) is 21.9 Å². The molecule has 15 heteroatoms. The van der Waals surface area contributed by atoms with Gasteiger partial charge in [-0.3, -0.25) is 10.1 Å². The first-order valence-corrected chi connectivity index (χ1v) is 16.4. The first kappa shape index (κ1) is 32.8. The van der Waals surface area contributed by atoms with E-state index in [1.807, 2.05) is 25.2 Å². The van der Waals surface area contributed by atoms with E-state index in [1.165, 1.54) is 3.97 Å². The van der Waals surface area contributed by atoms with Crippen molar-refractivity contribution in [1.82, 2.24) is 14.3 Å². The van der Waals surface area contributed by atoms with Gasteiger partial charge in [-0.1, -0.05) is 44.2 Å². The monoisotopic (exact) mass is 744 g/mol. The average molecular weight is 746 g/mol. The Morgan fingerprint density at radius 1 is 1.11 bits per heavy atom. The fourth-order valence-electron chi connectivity index (χ4n) is 4.05. The summed E-state index contributed by atoms with van der Waals surface area (Å²) in [6.07, 6.45) is 0.620. The second-order valence-corrected chi connectivity index (χ2v) is 13.1. The smallest absolute Gasteiger partial charge is 0.413 e.